The minimum Gasteiger partial charge on any atom is -0.495 e. The Morgan fingerprint density at radius 1 is 1.00 bits per heavy atom. The molecule has 2 aromatic carbocycles. The molecule has 0 spiro atoms. The van der Waals surface area contributed by atoms with Crippen LogP contribution in [-0.4, -0.2) is 40.8 Å². The number of thiocarbonyl (C=S) groups is 1. The number of aryl methyl sites for hydroxylation is 1. The summed E-state index contributed by atoms with van der Waals surface area (Å²) < 4.78 is 12.5. The SMILES string of the molecule is COC(=O)c1cccc(-n2c(C)cc(C3C(c4ccccn4)NC(=S)N3c3ccc(OC)c(NC(C)=O)c3)c2C)c1. The van der Waals surface area contributed by atoms with Crippen LogP contribution in [0.15, 0.2) is 72.9 Å². The van der Waals surface area contributed by atoms with E-state index in [-0.39, 0.29) is 18.0 Å². The first-order valence-electron chi connectivity index (χ1n) is 13.1. The van der Waals surface area contributed by atoms with Crippen LogP contribution in [0.2, 0.25) is 0 Å². The maximum atomic E-state index is 12.3. The highest BCUT2D eigenvalue weighted by atomic mass is 32.1. The fourth-order valence-electron chi connectivity index (χ4n) is 5.46. The number of methoxy groups -OCH3 is 2. The van der Waals surface area contributed by atoms with Crippen LogP contribution in [0.25, 0.3) is 5.69 Å². The number of hydrogen-bond donors (Lipinski definition) is 2. The van der Waals surface area contributed by atoms with Crippen molar-refractivity contribution in [1.29, 1.82) is 0 Å². The second-order valence-electron chi connectivity index (χ2n) is 9.77. The first-order chi connectivity index (χ1) is 19.7. The van der Waals surface area contributed by atoms with Crippen molar-refractivity contribution < 1.29 is 19.1 Å². The maximum absolute atomic E-state index is 12.3. The van der Waals surface area contributed by atoms with E-state index in [2.05, 4.69) is 38.1 Å². The highest BCUT2D eigenvalue weighted by Gasteiger charge is 2.42. The Hall–Kier alpha value is -4.70. The van der Waals surface area contributed by atoms with Gasteiger partial charge in [-0.3, -0.25) is 9.78 Å². The fourth-order valence-corrected chi connectivity index (χ4v) is 5.80. The Morgan fingerprint density at radius 2 is 1.80 bits per heavy atom. The van der Waals surface area contributed by atoms with Gasteiger partial charge in [0.15, 0.2) is 5.11 Å². The third-order valence-corrected chi connectivity index (χ3v) is 7.50. The predicted molar refractivity (Wildman–Crippen MR) is 162 cm³/mol. The van der Waals surface area contributed by atoms with Gasteiger partial charge >= 0.3 is 5.97 Å². The number of pyridine rings is 1. The monoisotopic (exact) mass is 569 g/mol. The van der Waals surface area contributed by atoms with Gasteiger partial charge in [0.2, 0.25) is 5.91 Å². The molecule has 1 fully saturated rings. The van der Waals surface area contributed by atoms with Gasteiger partial charge in [0.05, 0.1) is 43.2 Å². The number of nitrogens with one attached hydrogen (secondary N) is 2. The highest BCUT2D eigenvalue weighted by molar-refractivity contribution is 7.80. The smallest absolute Gasteiger partial charge is 0.337 e. The molecule has 1 amide bonds. The summed E-state index contributed by atoms with van der Waals surface area (Å²) in [6, 6.07) is 20.4. The standard InChI is InChI=1S/C31H31N5O4S/c1-18-15-24(19(2)35(18)22-10-8-9-21(16-22)30(38)40-5)29-28(25-11-6-7-14-32-25)34-31(41)36(29)23-12-13-27(39-4)26(17-23)33-20(3)37/h6-17,28-29H,1-5H3,(H,33,37)(H,34,41). The topological polar surface area (TPSA) is 97.7 Å². The van der Waals surface area contributed by atoms with Gasteiger partial charge in [-0.1, -0.05) is 12.1 Å². The van der Waals surface area contributed by atoms with Crippen LogP contribution in [0, 0.1) is 13.8 Å². The molecule has 1 aliphatic rings. The van der Waals surface area contributed by atoms with Gasteiger partial charge in [-0.15, -0.1) is 0 Å². The molecular formula is C31H31N5O4S. The van der Waals surface area contributed by atoms with E-state index in [9.17, 15) is 9.59 Å². The van der Waals surface area contributed by atoms with E-state index in [0.717, 1.165) is 34.0 Å². The van der Waals surface area contributed by atoms with Gasteiger partial charge in [0, 0.05) is 35.9 Å². The van der Waals surface area contributed by atoms with Crippen LogP contribution in [0.1, 0.15) is 52.0 Å². The average molecular weight is 570 g/mol. The van der Waals surface area contributed by atoms with Crippen molar-refractivity contribution in [2.45, 2.75) is 32.9 Å². The molecule has 2 unspecified atom stereocenters. The van der Waals surface area contributed by atoms with Crippen LogP contribution in [0.3, 0.4) is 0 Å². The first kappa shape index (κ1) is 27.9. The third kappa shape index (κ3) is 5.26. The van der Waals surface area contributed by atoms with Gasteiger partial charge < -0.3 is 29.6 Å². The van der Waals surface area contributed by atoms with Crippen molar-refractivity contribution >= 4 is 40.6 Å². The number of nitrogens with zero attached hydrogens (tertiary/aromatic N) is 3. The van der Waals surface area contributed by atoms with Crippen LogP contribution < -0.4 is 20.3 Å². The predicted octanol–water partition coefficient (Wildman–Crippen LogP) is 5.42. The Labute approximate surface area is 244 Å². The second-order valence-corrected chi connectivity index (χ2v) is 10.2. The Balaban J connectivity index is 1.67. The summed E-state index contributed by atoms with van der Waals surface area (Å²) >= 11 is 5.91. The second kappa shape index (κ2) is 11.4. The van der Waals surface area contributed by atoms with Crippen molar-refractivity contribution in [1.82, 2.24) is 14.9 Å². The van der Waals surface area contributed by atoms with Crippen LogP contribution in [0.5, 0.6) is 5.75 Å². The number of anilines is 2. The van der Waals surface area contributed by atoms with E-state index >= 15 is 0 Å². The van der Waals surface area contributed by atoms with Crippen molar-refractivity contribution in [2.75, 3.05) is 24.4 Å². The molecule has 0 bridgehead atoms. The summed E-state index contributed by atoms with van der Waals surface area (Å²) in [4.78, 5) is 30.9. The molecule has 2 atom stereocenters. The number of hydrogen-bond acceptors (Lipinski definition) is 6. The zero-order chi connectivity index (χ0) is 29.3. The van der Waals surface area contributed by atoms with Crippen molar-refractivity contribution in [2.24, 2.45) is 0 Å². The van der Waals surface area contributed by atoms with Crippen LogP contribution in [0.4, 0.5) is 11.4 Å². The molecule has 10 heteroatoms. The van der Waals surface area contributed by atoms with E-state index in [0.29, 0.717) is 22.1 Å². The lowest BCUT2D eigenvalue weighted by Gasteiger charge is -2.29. The quantitative estimate of drug-likeness (QED) is 0.225. The normalized spacial score (nSPS) is 16.3. The first-order valence-corrected chi connectivity index (χ1v) is 13.5. The summed E-state index contributed by atoms with van der Waals surface area (Å²) in [6.07, 6.45) is 1.77. The van der Waals surface area contributed by atoms with E-state index < -0.39 is 5.97 Å². The van der Waals surface area contributed by atoms with E-state index in [1.165, 1.54) is 14.0 Å². The molecule has 2 N–H and O–H groups in total. The molecule has 4 aromatic rings. The number of rotatable bonds is 7. The zero-order valence-electron chi connectivity index (χ0n) is 23.5. The average Bonchev–Trinajstić information content (AvgIpc) is 3.47. The molecule has 0 aliphatic carbocycles. The molecule has 2 aromatic heterocycles. The molecule has 1 saturated heterocycles. The van der Waals surface area contributed by atoms with Crippen molar-refractivity contribution in [3.8, 4) is 11.4 Å². The van der Waals surface area contributed by atoms with E-state index in [4.69, 9.17) is 21.7 Å². The van der Waals surface area contributed by atoms with Gasteiger partial charge in [-0.25, -0.2) is 4.79 Å². The number of carbonyl (C=O) groups is 2. The third-order valence-electron chi connectivity index (χ3n) is 7.18. The number of carbonyl (C=O) groups excluding carboxylic acids is 2. The number of amides is 1. The van der Waals surface area contributed by atoms with E-state index in [1.54, 1.807) is 19.4 Å². The zero-order valence-corrected chi connectivity index (χ0v) is 24.3. The molecule has 0 saturated carbocycles. The number of benzene rings is 2. The molecule has 9 nitrogen and oxygen atoms in total. The van der Waals surface area contributed by atoms with Crippen LogP contribution >= 0.6 is 12.2 Å². The lowest BCUT2D eigenvalue weighted by molar-refractivity contribution is -0.114. The van der Waals surface area contributed by atoms with Gasteiger partial charge in [-0.2, -0.15) is 0 Å². The molecule has 1 aliphatic heterocycles. The number of esters is 1. The largest absolute Gasteiger partial charge is 0.495 e. The lowest BCUT2D eigenvalue weighted by Crippen LogP contribution is -2.29. The summed E-state index contributed by atoms with van der Waals surface area (Å²) in [5.41, 5.74) is 6.51. The van der Waals surface area contributed by atoms with Crippen molar-refractivity contribution in [3.63, 3.8) is 0 Å². The fraction of sp³-hybridized carbons (Fsp3) is 0.226. The van der Waals surface area contributed by atoms with Gasteiger partial charge in [0.1, 0.15) is 5.75 Å². The number of ether oxygens (including phenoxy) is 2. The molecule has 210 valence electrons. The van der Waals surface area contributed by atoms with Crippen LogP contribution in [-0.2, 0) is 9.53 Å². The Kier molecular flexibility index (Phi) is 7.76. The maximum Gasteiger partial charge on any atom is 0.337 e. The Morgan fingerprint density at radius 3 is 2.49 bits per heavy atom. The summed E-state index contributed by atoms with van der Waals surface area (Å²) in [5, 5.41) is 6.88. The van der Waals surface area contributed by atoms with E-state index in [1.807, 2.05) is 61.5 Å². The number of aromatic nitrogens is 2. The van der Waals surface area contributed by atoms with Gasteiger partial charge in [0.25, 0.3) is 0 Å². The molecular weight excluding hydrogens is 538 g/mol. The van der Waals surface area contributed by atoms with Crippen molar-refractivity contribution in [3.05, 3.63) is 101 Å². The summed E-state index contributed by atoms with van der Waals surface area (Å²) in [6.45, 7) is 5.54. The molecule has 0 radical (unpaired) electrons. The molecule has 3 heterocycles. The minimum atomic E-state index is -0.393. The lowest BCUT2D eigenvalue weighted by atomic mass is 9.96. The molecule has 5 rings (SSSR count). The Bertz CT molecular complexity index is 1630. The molecule has 41 heavy (non-hydrogen) atoms. The van der Waals surface area contributed by atoms with Gasteiger partial charge in [-0.05, 0) is 86.2 Å². The minimum absolute atomic E-state index is 0.205. The highest BCUT2D eigenvalue weighted by Crippen LogP contribution is 2.45. The summed E-state index contributed by atoms with van der Waals surface area (Å²) in [5.74, 6) is -0.0533. The summed E-state index contributed by atoms with van der Waals surface area (Å²) in [7, 11) is 2.93.